The Morgan fingerprint density at radius 3 is 2.52 bits per heavy atom. The first-order valence-electron chi connectivity index (χ1n) is 6.16. The molecule has 1 fully saturated rings. The molecule has 1 aliphatic heterocycles. The van der Waals surface area contributed by atoms with Gasteiger partial charge in [0.1, 0.15) is 10.1 Å². The van der Waals surface area contributed by atoms with Gasteiger partial charge in [-0.15, -0.1) is 0 Å². The van der Waals surface area contributed by atoms with Crippen molar-refractivity contribution in [2.75, 3.05) is 6.54 Å². The number of thioether (sulfide) groups is 1. The van der Waals surface area contributed by atoms with Crippen LogP contribution in [0.15, 0.2) is 29.2 Å². The van der Waals surface area contributed by atoms with E-state index in [0.29, 0.717) is 9.23 Å². The first-order chi connectivity index (χ1) is 9.90. The number of hydrogen-bond donors (Lipinski definition) is 2. The molecule has 0 bridgehead atoms. The molecule has 1 saturated heterocycles. The number of aromatic hydroxyl groups is 1. The number of rotatable bonds is 4. The van der Waals surface area contributed by atoms with E-state index in [0.717, 1.165) is 11.1 Å². The van der Waals surface area contributed by atoms with Crippen molar-refractivity contribution in [3.8, 4) is 5.75 Å². The fourth-order valence-electron chi connectivity index (χ4n) is 1.87. The highest BCUT2D eigenvalue weighted by Gasteiger charge is 2.33. The van der Waals surface area contributed by atoms with Crippen molar-refractivity contribution in [2.45, 2.75) is 13.3 Å². The molecule has 0 aliphatic carbocycles. The van der Waals surface area contributed by atoms with Gasteiger partial charge >= 0.3 is 5.97 Å². The molecule has 1 heterocycles. The molecule has 21 heavy (non-hydrogen) atoms. The lowest BCUT2D eigenvalue weighted by Gasteiger charge is -2.12. The predicted octanol–water partition coefficient (Wildman–Crippen LogP) is 2.46. The molecule has 0 spiro atoms. The van der Waals surface area contributed by atoms with Crippen molar-refractivity contribution < 1.29 is 19.8 Å². The fraction of sp³-hybridized carbons (Fsp3) is 0.214. The summed E-state index contributed by atoms with van der Waals surface area (Å²) in [5, 5.41) is 18.0. The summed E-state index contributed by atoms with van der Waals surface area (Å²) in [6.45, 7) is 1.88. The van der Waals surface area contributed by atoms with E-state index in [1.807, 2.05) is 0 Å². The van der Waals surface area contributed by atoms with E-state index in [9.17, 15) is 14.7 Å². The molecule has 0 aromatic heterocycles. The normalized spacial score (nSPS) is 17.3. The van der Waals surface area contributed by atoms with Crippen LogP contribution in [0.4, 0.5) is 0 Å². The number of carbonyl (C=O) groups excluding carboxylic acids is 1. The number of carbonyl (C=O) groups is 2. The highest BCUT2D eigenvalue weighted by atomic mass is 32.2. The number of allylic oxidation sites excluding steroid dienone is 1. The van der Waals surface area contributed by atoms with Crippen molar-refractivity contribution in [3.63, 3.8) is 0 Å². The molecule has 2 rings (SSSR count). The van der Waals surface area contributed by atoms with E-state index in [2.05, 4.69) is 0 Å². The minimum absolute atomic E-state index is 0.0758. The standard InChI is InChI=1S/C14H13NO4S2/c1-8(9-2-4-10(16)5-3-9)12-13(19)15(14(20)21-12)7-6-11(17)18/h2-5,16H,6-7H2,1H3,(H,17,18)/b12-8+. The second-order valence-corrected chi connectivity index (χ2v) is 6.11. The molecule has 5 nitrogen and oxygen atoms in total. The van der Waals surface area contributed by atoms with Crippen LogP contribution in [-0.2, 0) is 9.59 Å². The van der Waals surface area contributed by atoms with E-state index in [1.165, 1.54) is 16.7 Å². The molecule has 110 valence electrons. The molecule has 1 aromatic rings. The molecule has 1 aromatic carbocycles. The summed E-state index contributed by atoms with van der Waals surface area (Å²) < 4.78 is 0.370. The van der Waals surface area contributed by atoms with Gasteiger partial charge in [-0.1, -0.05) is 36.1 Å². The molecular weight excluding hydrogens is 310 g/mol. The summed E-state index contributed by atoms with van der Waals surface area (Å²) in [5.41, 5.74) is 1.57. The van der Waals surface area contributed by atoms with Gasteiger partial charge in [0, 0.05) is 6.54 Å². The lowest BCUT2D eigenvalue weighted by molar-refractivity contribution is -0.137. The number of amides is 1. The topological polar surface area (TPSA) is 77.8 Å². The maximum Gasteiger partial charge on any atom is 0.305 e. The Morgan fingerprint density at radius 2 is 1.95 bits per heavy atom. The fourth-order valence-corrected chi connectivity index (χ4v) is 3.22. The van der Waals surface area contributed by atoms with Crippen LogP contribution in [0.2, 0.25) is 0 Å². The highest BCUT2D eigenvalue weighted by molar-refractivity contribution is 8.26. The van der Waals surface area contributed by atoms with Crippen molar-refractivity contribution in [3.05, 3.63) is 34.7 Å². The van der Waals surface area contributed by atoms with Gasteiger partial charge < -0.3 is 10.2 Å². The van der Waals surface area contributed by atoms with Crippen LogP contribution < -0.4 is 0 Å². The van der Waals surface area contributed by atoms with E-state index >= 15 is 0 Å². The summed E-state index contributed by atoms with van der Waals surface area (Å²) in [7, 11) is 0. The largest absolute Gasteiger partial charge is 0.508 e. The van der Waals surface area contributed by atoms with Crippen molar-refractivity contribution >= 4 is 45.7 Å². The number of carboxylic acid groups (broad SMARTS) is 1. The number of phenolic OH excluding ortho intramolecular Hbond substituents is 1. The lowest BCUT2D eigenvalue weighted by Crippen LogP contribution is -2.30. The number of phenols is 1. The van der Waals surface area contributed by atoms with E-state index in [-0.39, 0.29) is 24.6 Å². The summed E-state index contributed by atoms with van der Waals surface area (Å²) >= 11 is 6.31. The smallest absolute Gasteiger partial charge is 0.305 e. The molecule has 2 N–H and O–H groups in total. The Bertz CT molecular complexity index is 637. The Kier molecular flexibility index (Phi) is 4.64. The molecule has 1 aliphatic rings. The Labute approximate surface area is 131 Å². The number of nitrogens with zero attached hydrogens (tertiary/aromatic N) is 1. The van der Waals surface area contributed by atoms with Crippen LogP contribution in [0.1, 0.15) is 18.9 Å². The third-order valence-electron chi connectivity index (χ3n) is 3.04. The van der Waals surface area contributed by atoms with Gasteiger partial charge in [-0.3, -0.25) is 14.5 Å². The molecule has 1 amide bonds. The van der Waals surface area contributed by atoms with E-state index < -0.39 is 5.97 Å². The maximum atomic E-state index is 12.3. The molecular formula is C14H13NO4S2. The minimum atomic E-state index is -0.969. The number of thiocarbonyl (C=S) groups is 1. The second kappa shape index (κ2) is 6.28. The van der Waals surface area contributed by atoms with Crippen molar-refractivity contribution in [2.24, 2.45) is 0 Å². The molecule has 0 radical (unpaired) electrons. The molecule has 0 saturated carbocycles. The zero-order chi connectivity index (χ0) is 15.6. The minimum Gasteiger partial charge on any atom is -0.508 e. The number of aliphatic carboxylic acids is 1. The van der Waals surface area contributed by atoms with E-state index in [4.69, 9.17) is 17.3 Å². The van der Waals surface area contributed by atoms with Crippen molar-refractivity contribution in [1.29, 1.82) is 0 Å². The SMILES string of the molecule is C/C(=C1\SC(=S)N(CCC(=O)O)C1=O)c1ccc(O)cc1. The van der Waals surface area contributed by atoms with Crippen molar-refractivity contribution in [1.82, 2.24) is 4.90 Å². The quantitative estimate of drug-likeness (QED) is 0.655. The van der Waals surface area contributed by atoms with E-state index in [1.54, 1.807) is 31.2 Å². The Morgan fingerprint density at radius 1 is 1.33 bits per heavy atom. The number of carboxylic acids is 1. The van der Waals surface area contributed by atoms with Crippen LogP contribution in [0.3, 0.4) is 0 Å². The van der Waals surface area contributed by atoms with Crippen LogP contribution in [-0.4, -0.2) is 37.9 Å². The monoisotopic (exact) mass is 323 g/mol. The molecule has 7 heteroatoms. The van der Waals surface area contributed by atoms with Gasteiger partial charge in [0.25, 0.3) is 5.91 Å². The summed E-state index contributed by atoms with van der Waals surface area (Å²) in [6.07, 6.45) is -0.141. The first kappa shape index (κ1) is 15.5. The lowest BCUT2D eigenvalue weighted by atomic mass is 10.1. The third-order valence-corrected chi connectivity index (χ3v) is 4.59. The van der Waals surface area contributed by atoms with Gasteiger partial charge in [0.2, 0.25) is 0 Å². The average molecular weight is 323 g/mol. The number of hydrogen-bond acceptors (Lipinski definition) is 5. The van der Waals surface area contributed by atoms with Gasteiger partial charge in [-0.05, 0) is 30.2 Å². The third kappa shape index (κ3) is 3.43. The predicted molar refractivity (Wildman–Crippen MR) is 84.9 cm³/mol. The van der Waals surface area contributed by atoms with Crippen LogP contribution in [0.25, 0.3) is 5.57 Å². The Hall–Kier alpha value is -1.86. The van der Waals surface area contributed by atoms with Gasteiger partial charge in [-0.25, -0.2) is 0 Å². The van der Waals surface area contributed by atoms with Gasteiger partial charge in [0.15, 0.2) is 0 Å². The van der Waals surface area contributed by atoms with Crippen LogP contribution >= 0.6 is 24.0 Å². The van der Waals surface area contributed by atoms with Crippen LogP contribution in [0, 0.1) is 0 Å². The number of benzene rings is 1. The maximum absolute atomic E-state index is 12.3. The first-order valence-corrected chi connectivity index (χ1v) is 7.38. The molecule has 0 atom stereocenters. The average Bonchev–Trinajstić information content (AvgIpc) is 2.72. The summed E-state index contributed by atoms with van der Waals surface area (Å²) in [4.78, 5) is 24.8. The Balaban J connectivity index is 2.26. The van der Waals surface area contributed by atoms with Gasteiger partial charge in [0.05, 0.1) is 11.3 Å². The summed E-state index contributed by atoms with van der Waals surface area (Å²) in [5.74, 6) is -1.08. The zero-order valence-corrected chi connectivity index (χ0v) is 12.8. The second-order valence-electron chi connectivity index (χ2n) is 4.47. The summed E-state index contributed by atoms with van der Waals surface area (Å²) in [6, 6.07) is 6.52. The zero-order valence-electron chi connectivity index (χ0n) is 11.2. The molecule has 0 unspecified atom stereocenters. The van der Waals surface area contributed by atoms with Gasteiger partial charge in [-0.2, -0.15) is 0 Å². The highest BCUT2D eigenvalue weighted by Crippen LogP contribution is 2.36. The van der Waals surface area contributed by atoms with Crippen LogP contribution in [0.5, 0.6) is 5.75 Å².